The maximum atomic E-state index is 13.5. The third-order valence-corrected chi connectivity index (χ3v) is 7.70. The summed E-state index contributed by atoms with van der Waals surface area (Å²) in [5.74, 6) is -0.133. The summed E-state index contributed by atoms with van der Waals surface area (Å²) >= 11 is 8.15. The second kappa shape index (κ2) is 10.7. The van der Waals surface area contributed by atoms with E-state index in [1.165, 1.54) is 23.5 Å². The topological polar surface area (TPSA) is 54.7 Å². The van der Waals surface area contributed by atoms with Crippen molar-refractivity contribution in [3.8, 4) is 0 Å². The number of unbranched alkanes of at least 4 members (excludes halogenated alkanes) is 3. The first-order valence-electron chi connectivity index (χ1n) is 11.0. The quantitative estimate of drug-likeness (QED) is 0.167. The van der Waals surface area contributed by atoms with E-state index in [9.17, 15) is 9.59 Å². The fraction of sp³-hybridized carbons (Fsp3) is 0.280. The van der Waals surface area contributed by atoms with Crippen LogP contribution in [0.2, 0.25) is 0 Å². The summed E-state index contributed by atoms with van der Waals surface area (Å²) in [5, 5.41) is 0.572. The zero-order valence-corrected chi connectivity index (χ0v) is 21.1. The predicted molar refractivity (Wildman–Crippen MR) is 141 cm³/mol. The summed E-state index contributed by atoms with van der Waals surface area (Å²) in [7, 11) is 0. The zero-order valence-electron chi connectivity index (χ0n) is 18.6. The lowest BCUT2D eigenvalue weighted by atomic mass is 10.2. The average Bonchev–Trinajstić information content (AvgIpc) is 3.07. The van der Waals surface area contributed by atoms with E-state index in [4.69, 9.17) is 17.2 Å². The molecule has 5 nitrogen and oxygen atoms in total. The van der Waals surface area contributed by atoms with Crippen molar-refractivity contribution in [1.82, 2.24) is 14.3 Å². The molecule has 0 spiro atoms. The van der Waals surface area contributed by atoms with Gasteiger partial charge in [0.15, 0.2) is 0 Å². The lowest BCUT2D eigenvalue weighted by Crippen LogP contribution is -2.29. The minimum Gasteiger partial charge on any atom is -0.293 e. The van der Waals surface area contributed by atoms with Crippen LogP contribution < -0.4 is 5.56 Å². The lowest BCUT2D eigenvalue weighted by Gasteiger charge is -2.13. The van der Waals surface area contributed by atoms with E-state index in [1.807, 2.05) is 49.4 Å². The number of pyridine rings is 1. The predicted octanol–water partition coefficient (Wildman–Crippen LogP) is 5.94. The van der Waals surface area contributed by atoms with Crippen LogP contribution in [0.5, 0.6) is 0 Å². The molecule has 0 N–H and O–H groups in total. The number of thiocarbonyl (C=S) groups is 1. The fourth-order valence-electron chi connectivity index (χ4n) is 3.56. The fourth-order valence-corrected chi connectivity index (χ4v) is 5.76. The number of nitrogens with zero attached hydrogens (tertiary/aromatic N) is 3. The van der Waals surface area contributed by atoms with Crippen molar-refractivity contribution >= 4 is 57.7 Å². The number of thioether (sulfide) groups is 1. The van der Waals surface area contributed by atoms with Crippen molar-refractivity contribution in [2.24, 2.45) is 0 Å². The molecule has 33 heavy (non-hydrogen) atoms. The number of aromatic nitrogens is 2. The third kappa shape index (κ3) is 5.39. The molecule has 0 unspecified atom stereocenters. The molecule has 1 amide bonds. The number of fused-ring (bicyclic) bond motifs is 1. The highest BCUT2D eigenvalue weighted by atomic mass is 32.2. The van der Waals surface area contributed by atoms with Crippen LogP contribution in [-0.4, -0.2) is 31.1 Å². The van der Waals surface area contributed by atoms with Crippen molar-refractivity contribution in [2.75, 3.05) is 6.54 Å². The molecule has 1 saturated heterocycles. The van der Waals surface area contributed by atoms with Gasteiger partial charge in [0, 0.05) is 17.6 Å². The molecule has 0 atom stereocenters. The van der Waals surface area contributed by atoms with Crippen LogP contribution in [0.1, 0.15) is 43.7 Å². The number of rotatable bonds is 8. The van der Waals surface area contributed by atoms with Gasteiger partial charge in [-0.3, -0.25) is 18.9 Å². The van der Waals surface area contributed by atoms with Crippen molar-refractivity contribution in [3.63, 3.8) is 0 Å². The molecule has 0 radical (unpaired) electrons. The Balaban J connectivity index is 1.74. The number of aryl methyl sites for hydroxylation is 1. The largest absolute Gasteiger partial charge is 0.293 e. The first-order valence-corrected chi connectivity index (χ1v) is 13.0. The van der Waals surface area contributed by atoms with Crippen LogP contribution in [0.25, 0.3) is 11.7 Å². The minimum absolute atomic E-state index is 0.133. The van der Waals surface area contributed by atoms with Crippen LogP contribution >= 0.6 is 35.7 Å². The van der Waals surface area contributed by atoms with E-state index in [0.29, 0.717) is 32.0 Å². The van der Waals surface area contributed by atoms with Crippen molar-refractivity contribution in [1.29, 1.82) is 0 Å². The SMILES string of the molecule is CCCCCCN1C(=O)C(=Cc2c(Sc3ccccc3)nc3ccc(C)cn3c2=O)SC1=S. The summed E-state index contributed by atoms with van der Waals surface area (Å²) < 4.78 is 2.09. The first-order chi connectivity index (χ1) is 16.0. The zero-order chi connectivity index (χ0) is 23.4. The van der Waals surface area contributed by atoms with Gasteiger partial charge in [0.1, 0.15) is 15.0 Å². The maximum absolute atomic E-state index is 13.5. The Hall–Kier alpha value is -2.42. The summed E-state index contributed by atoms with van der Waals surface area (Å²) in [6.07, 6.45) is 7.71. The van der Waals surface area contributed by atoms with Gasteiger partial charge in [-0.2, -0.15) is 0 Å². The van der Waals surface area contributed by atoms with Crippen LogP contribution in [0.15, 0.2) is 68.3 Å². The molecule has 1 aliphatic heterocycles. The van der Waals surface area contributed by atoms with Gasteiger partial charge in [-0.15, -0.1) is 0 Å². The Labute approximate surface area is 207 Å². The van der Waals surface area contributed by atoms with Gasteiger partial charge in [-0.25, -0.2) is 4.98 Å². The van der Waals surface area contributed by atoms with Crippen molar-refractivity contribution < 1.29 is 4.79 Å². The first kappa shape index (κ1) is 23.7. The molecule has 2 aromatic heterocycles. The standard InChI is InChI=1S/C25H25N3O2S3/c1-3-4-5-9-14-27-24(30)20(33-25(27)31)15-19-22(32-18-10-7-6-8-11-18)26-21-13-12-17(2)16-28(21)23(19)29/h6-8,10-13,15-16H,3-5,9,14H2,1-2H3. The monoisotopic (exact) mass is 495 g/mol. The van der Waals surface area contributed by atoms with Gasteiger partial charge in [0.2, 0.25) is 0 Å². The Bertz CT molecular complexity index is 1290. The molecule has 0 saturated carbocycles. The Morgan fingerprint density at radius 1 is 1.09 bits per heavy atom. The summed E-state index contributed by atoms with van der Waals surface area (Å²) in [6.45, 7) is 4.70. The highest BCUT2D eigenvalue weighted by Crippen LogP contribution is 2.35. The normalized spacial score (nSPS) is 15.2. The lowest BCUT2D eigenvalue weighted by molar-refractivity contribution is -0.122. The molecule has 3 heterocycles. The smallest absolute Gasteiger partial charge is 0.266 e. The van der Waals surface area contributed by atoms with Crippen LogP contribution in [0.4, 0.5) is 0 Å². The molecule has 1 aliphatic rings. The van der Waals surface area contributed by atoms with E-state index >= 15 is 0 Å². The molecular weight excluding hydrogens is 470 g/mol. The second-order valence-corrected chi connectivity index (χ2v) is 10.6. The van der Waals surface area contributed by atoms with Gasteiger partial charge in [0.05, 0.1) is 10.5 Å². The maximum Gasteiger partial charge on any atom is 0.266 e. The Morgan fingerprint density at radius 3 is 2.64 bits per heavy atom. The van der Waals surface area contributed by atoms with Gasteiger partial charge in [0.25, 0.3) is 11.5 Å². The second-order valence-electron chi connectivity index (χ2n) is 7.88. The van der Waals surface area contributed by atoms with Crippen molar-refractivity contribution in [2.45, 2.75) is 49.5 Å². The van der Waals surface area contributed by atoms with E-state index in [2.05, 4.69) is 6.92 Å². The summed E-state index contributed by atoms with van der Waals surface area (Å²) in [6, 6.07) is 13.6. The van der Waals surface area contributed by atoms with E-state index in [-0.39, 0.29) is 11.5 Å². The number of benzene rings is 1. The van der Waals surface area contributed by atoms with Crippen LogP contribution in [-0.2, 0) is 4.79 Å². The average molecular weight is 496 g/mol. The van der Waals surface area contributed by atoms with E-state index in [1.54, 1.807) is 21.6 Å². The molecule has 3 aromatic rings. The molecule has 0 aliphatic carbocycles. The number of carbonyl (C=O) groups is 1. The Morgan fingerprint density at radius 2 is 1.88 bits per heavy atom. The summed E-state index contributed by atoms with van der Waals surface area (Å²) in [4.78, 5) is 34.4. The number of carbonyl (C=O) groups excluding carboxylic acids is 1. The van der Waals surface area contributed by atoms with Crippen LogP contribution in [0.3, 0.4) is 0 Å². The molecular formula is C25H25N3O2S3. The molecule has 1 fully saturated rings. The van der Waals surface area contributed by atoms with Gasteiger partial charge in [-0.05, 0) is 43.2 Å². The molecule has 1 aromatic carbocycles. The number of hydrogen-bond donors (Lipinski definition) is 0. The molecule has 170 valence electrons. The van der Waals surface area contributed by atoms with Crippen LogP contribution in [0, 0.1) is 6.92 Å². The highest BCUT2D eigenvalue weighted by molar-refractivity contribution is 8.26. The van der Waals surface area contributed by atoms with Gasteiger partial charge in [-0.1, -0.05) is 86.2 Å². The van der Waals surface area contributed by atoms with Gasteiger partial charge < -0.3 is 0 Å². The van der Waals surface area contributed by atoms with E-state index < -0.39 is 0 Å². The highest BCUT2D eigenvalue weighted by Gasteiger charge is 2.32. The van der Waals surface area contributed by atoms with E-state index in [0.717, 1.165) is 36.1 Å². The number of hydrogen-bond acceptors (Lipinski definition) is 6. The molecule has 8 heteroatoms. The van der Waals surface area contributed by atoms with Gasteiger partial charge >= 0.3 is 0 Å². The molecule has 0 bridgehead atoms. The summed E-state index contributed by atoms with van der Waals surface area (Å²) in [5.41, 5.74) is 1.73. The number of amides is 1. The molecule has 4 rings (SSSR count). The third-order valence-electron chi connectivity index (χ3n) is 5.31. The Kier molecular flexibility index (Phi) is 7.67. The van der Waals surface area contributed by atoms with Crippen molar-refractivity contribution in [3.05, 3.63) is 75.0 Å². The minimum atomic E-state index is -0.199.